The van der Waals surface area contributed by atoms with Crippen molar-refractivity contribution in [1.29, 1.82) is 0 Å². The molecule has 128 valence electrons. The monoisotopic (exact) mass is 320 g/mol. The highest BCUT2D eigenvalue weighted by Gasteiger charge is 2.33. The molecular weight excluding hydrogens is 292 g/mol. The van der Waals surface area contributed by atoms with Gasteiger partial charge < -0.3 is 9.42 Å². The zero-order valence-corrected chi connectivity index (χ0v) is 14.5. The average molecular weight is 320 g/mol. The Morgan fingerprint density at radius 3 is 2.74 bits per heavy atom. The van der Waals surface area contributed by atoms with E-state index in [0.717, 1.165) is 44.6 Å². The van der Waals surface area contributed by atoms with Crippen molar-refractivity contribution >= 4 is 5.91 Å². The summed E-state index contributed by atoms with van der Waals surface area (Å²) in [4.78, 5) is 21.2. The van der Waals surface area contributed by atoms with Crippen LogP contribution >= 0.6 is 0 Å². The molecule has 1 aromatic heterocycles. The lowest BCUT2D eigenvalue weighted by molar-refractivity contribution is -0.140. The van der Waals surface area contributed by atoms with E-state index in [1.54, 1.807) is 0 Å². The van der Waals surface area contributed by atoms with Crippen LogP contribution < -0.4 is 0 Å². The van der Waals surface area contributed by atoms with Gasteiger partial charge in [-0.3, -0.25) is 9.69 Å². The number of nitrogens with zero attached hydrogens (tertiary/aromatic N) is 4. The molecule has 1 amide bonds. The molecule has 3 rings (SSSR count). The zero-order chi connectivity index (χ0) is 16.4. The summed E-state index contributed by atoms with van der Waals surface area (Å²) >= 11 is 0. The van der Waals surface area contributed by atoms with Crippen LogP contribution in [0.25, 0.3) is 0 Å². The van der Waals surface area contributed by atoms with Gasteiger partial charge in [-0.1, -0.05) is 25.4 Å². The van der Waals surface area contributed by atoms with Crippen LogP contribution in [-0.4, -0.2) is 52.0 Å². The quantitative estimate of drug-likeness (QED) is 0.834. The summed E-state index contributed by atoms with van der Waals surface area (Å²) in [6.45, 7) is 6.73. The molecular formula is C17H28N4O2. The van der Waals surface area contributed by atoms with Gasteiger partial charge in [0.2, 0.25) is 11.8 Å². The molecule has 1 aliphatic heterocycles. The first-order chi connectivity index (χ1) is 11.0. The highest BCUT2D eigenvalue weighted by Crippen LogP contribution is 2.29. The topological polar surface area (TPSA) is 62.5 Å². The van der Waals surface area contributed by atoms with Crippen molar-refractivity contribution in [2.24, 2.45) is 5.92 Å². The number of amides is 1. The van der Waals surface area contributed by atoms with Gasteiger partial charge in [-0.25, -0.2) is 0 Å². The Morgan fingerprint density at radius 1 is 1.35 bits per heavy atom. The zero-order valence-electron chi connectivity index (χ0n) is 14.5. The number of hydrogen-bond donors (Lipinski definition) is 0. The molecule has 1 saturated carbocycles. The molecule has 6 nitrogen and oxygen atoms in total. The molecule has 0 radical (unpaired) electrons. The largest absolute Gasteiger partial charge is 0.341 e. The van der Waals surface area contributed by atoms with Gasteiger partial charge in [0.05, 0.1) is 6.54 Å². The lowest BCUT2D eigenvalue weighted by Crippen LogP contribution is -2.50. The number of carbonyl (C=O) groups is 1. The Kier molecular flexibility index (Phi) is 4.99. The summed E-state index contributed by atoms with van der Waals surface area (Å²) in [7, 11) is 1.97. The Bertz CT molecular complexity index is 538. The average Bonchev–Trinajstić information content (AvgIpc) is 2.93. The third-order valence-corrected chi connectivity index (χ3v) is 5.19. The molecule has 1 saturated heterocycles. The van der Waals surface area contributed by atoms with Crippen molar-refractivity contribution in [1.82, 2.24) is 19.9 Å². The summed E-state index contributed by atoms with van der Waals surface area (Å²) in [6.07, 6.45) is 5.54. The molecule has 1 aromatic rings. The first-order valence-corrected chi connectivity index (χ1v) is 8.86. The van der Waals surface area contributed by atoms with Crippen LogP contribution in [0.1, 0.15) is 63.6 Å². The summed E-state index contributed by atoms with van der Waals surface area (Å²) in [5.74, 6) is 2.35. The summed E-state index contributed by atoms with van der Waals surface area (Å²) in [5, 5.41) is 4.03. The summed E-state index contributed by atoms with van der Waals surface area (Å²) in [5.41, 5.74) is 0. The normalized spacial score (nSPS) is 23.0. The van der Waals surface area contributed by atoms with Crippen molar-refractivity contribution in [2.75, 3.05) is 20.1 Å². The Hall–Kier alpha value is -1.43. The van der Waals surface area contributed by atoms with E-state index >= 15 is 0 Å². The first kappa shape index (κ1) is 16.4. The number of likely N-dealkylation sites (N-methyl/N-ethyl adjacent to an activating group) is 1. The predicted molar refractivity (Wildman–Crippen MR) is 86.8 cm³/mol. The number of piperidine rings is 1. The lowest BCUT2D eigenvalue weighted by Gasteiger charge is -2.39. The minimum absolute atomic E-state index is 0.278. The molecule has 1 aliphatic carbocycles. The fourth-order valence-electron chi connectivity index (χ4n) is 3.37. The first-order valence-electron chi connectivity index (χ1n) is 8.86. The van der Waals surface area contributed by atoms with E-state index in [1.165, 1.54) is 6.42 Å². The van der Waals surface area contributed by atoms with Gasteiger partial charge in [0, 0.05) is 31.5 Å². The molecule has 0 aromatic carbocycles. The molecule has 2 heterocycles. The van der Waals surface area contributed by atoms with Crippen molar-refractivity contribution in [2.45, 2.75) is 64.5 Å². The minimum atomic E-state index is 0.278. The van der Waals surface area contributed by atoms with Gasteiger partial charge in [0.1, 0.15) is 0 Å². The highest BCUT2D eigenvalue weighted by atomic mass is 16.5. The summed E-state index contributed by atoms with van der Waals surface area (Å²) < 4.78 is 5.35. The maximum atomic E-state index is 12.4. The molecule has 6 heteroatoms. The van der Waals surface area contributed by atoms with E-state index in [4.69, 9.17) is 4.52 Å². The summed E-state index contributed by atoms with van der Waals surface area (Å²) in [6, 6.07) is 0.310. The van der Waals surface area contributed by atoms with Crippen LogP contribution in [0.2, 0.25) is 0 Å². The number of rotatable bonds is 5. The molecule has 1 atom stereocenters. The van der Waals surface area contributed by atoms with Crippen LogP contribution in [0.3, 0.4) is 0 Å². The van der Waals surface area contributed by atoms with Crippen LogP contribution in [-0.2, 0) is 11.3 Å². The van der Waals surface area contributed by atoms with Crippen molar-refractivity contribution in [3.63, 3.8) is 0 Å². The van der Waals surface area contributed by atoms with Gasteiger partial charge >= 0.3 is 0 Å². The maximum absolute atomic E-state index is 12.4. The molecule has 1 unspecified atom stereocenters. The van der Waals surface area contributed by atoms with Gasteiger partial charge in [-0.2, -0.15) is 4.98 Å². The Labute approximate surface area is 138 Å². The van der Waals surface area contributed by atoms with Gasteiger partial charge in [-0.05, 0) is 32.2 Å². The fraction of sp³-hybridized carbons (Fsp3) is 0.824. The molecule has 0 N–H and O–H groups in total. The Morgan fingerprint density at radius 2 is 2.13 bits per heavy atom. The lowest BCUT2D eigenvalue weighted by atomic mass is 9.84. The van der Waals surface area contributed by atoms with Crippen molar-refractivity contribution < 1.29 is 9.32 Å². The smallest absolute Gasteiger partial charge is 0.240 e. The standard InChI is InChI=1S/C17H28N4O2/c1-12(2)16-18-15(23-19-16)11-21-9-5-8-14(10-21)20(3)17(22)13-6-4-7-13/h12-14H,4-11H2,1-3H3. The van der Waals surface area contributed by atoms with E-state index in [2.05, 4.69) is 28.9 Å². The van der Waals surface area contributed by atoms with E-state index in [-0.39, 0.29) is 11.8 Å². The van der Waals surface area contributed by atoms with Gasteiger partial charge in [-0.15, -0.1) is 0 Å². The maximum Gasteiger partial charge on any atom is 0.240 e. The van der Waals surface area contributed by atoms with Crippen LogP contribution in [0.4, 0.5) is 0 Å². The third-order valence-electron chi connectivity index (χ3n) is 5.19. The van der Waals surface area contributed by atoms with Crippen molar-refractivity contribution in [3.8, 4) is 0 Å². The molecule has 0 bridgehead atoms. The molecule has 2 aliphatic rings. The second-order valence-corrected chi connectivity index (χ2v) is 7.31. The van der Waals surface area contributed by atoms with E-state index in [1.807, 2.05) is 11.9 Å². The van der Waals surface area contributed by atoms with E-state index < -0.39 is 0 Å². The highest BCUT2D eigenvalue weighted by molar-refractivity contribution is 5.79. The third kappa shape index (κ3) is 3.74. The number of carbonyl (C=O) groups excluding carboxylic acids is 1. The second kappa shape index (κ2) is 6.99. The molecule has 23 heavy (non-hydrogen) atoms. The fourth-order valence-corrected chi connectivity index (χ4v) is 3.37. The Balaban J connectivity index is 1.55. The SMILES string of the molecule is CC(C)c1noc(CN2CCCC(N(C)C(=O)C3CCC3)C2)n1. The predicted octanol–water partition coefficient (Wildman–Crippen LogP) is 2.42. The molecule has 0 spiro atoms. The van der Waals surface area contributed by atoms with E-state index in [9.17, 15) is 4.79 Å². The number of hydrogen-bond acceptors (Lipinski definition) is 5. The molecule has 2 fully saturated rings. The van der Waals surface area contributed by atoms with Crippen LogP contribution in [0.5, 0.6) is 0 Å². The van der Waals surface area contributed by atoms with Crippen LogP contribution in [0.15, 0.2) is 4.52 Å². The van der Waals surface area contributed by atoms with Gasteiger partial charge in [0.15, 0.2) is 5.82 Å². The minimum Gasteiger partial charge on any atom is -0.341 e. The van der Waals surface area contributed by atoms with E-state index in [0.29, 0.717) is 24.4 Å². The second-order valence-electron chi connectivity index (χ2n) is 7.31. The number of aromatic nitrogens is 2. The van der Waals surface area contributed by atoms with Gasteiger partial charge in [0.25, 0.3) is 0 Å². The van der Waals surface area contributed by atoms with Crippen LogP contribution in [0, 0.1) is 5.92 Å². The number of likely N-dealkylation sites (tertiary alicyclic amines) is 1. The van der Waals surface area contributed by atoms with Crippen molar-refractivity contribution in [3.05, 3.63) is 11.7 Å².